The predicted octanol–water partition coefficient (Wildman–Crippen LogP) is 5.52. The summed E-state index contributed by atoms with van der Waals surface area (Å²) in [4.78, 5) is 16.5. The van der Waals surface area contributed by atoms with Gasteiger partial charge in [0.15, 0.2) is 17.2 Å². The number of benzene rings is 2. The molecule has 0 saturated heterocycles. The molecule has 0 saturated carbocycles. The highest BCUT2D eigenvalue weighted by Crippen LogP contribution is 2.31. The lowest BCUT2D eigenvalue weighted by Crippen LogP contribution is -2.07. The number of rotatable bonds is 6. The molecule has 0 atom stereocenters. The smallest absolute Gasteiger partial charge is 0.363 e. The number of carbonyl (C=O) groups excluding carboxylic acids is 1. The first-order valence-electron chi connectivity index (χ1n) is 8.79. The Morgan fingerprint density at radius 1 is 1.14 bits per heavy atom. The molecule has 5 nitrogen and oxygen atoms in total. The lowest BCUT2D eigenvalue weighted by molar-refractivity contribution is -0.129. The molecule has 7 heteroatoms. The van der Waals surface area contributed by atoms with Crippen molar-refractivity contribution in [3.8, 4) is 11.5 Å². The van der Waals surface area contributed by atoms with Gasteiger partial charge in [0.1, 0.15) is 0 Å². The maximum Gasteiger partial charge on any atom is 0.363 e. The Morgan fingerprint density at radius 2 is 1.93 bits per heavy atom. The first-order chi connectivity index (χ1) is 13.4. The van der Waals surface area contributed by atoms with E-state index < -0.39 is 5.97 Å². The Labute approximate surface area is 173 Å². The second-order valence-corrected chi connectivity index (χ2v) is 7.11. The SMILES string of the molecule is CCOc1cc(/C=C2\N=C(c3ccc(Cl)cc3Cl)OC2=O)ccc1OC(C)C. The first-order valence-corrected chi connectivity index (χ1v) is 9.54. The Bertz CT molecular complexity index is 967. The van der Waals surface area contributed by atoms with E-state index in [1.54, 1.807) is 36.4 Å². The molecule has 0 fully saturated rings. The Balaban J connectivity index is 1.93. The molecule has 0 aliphatic carbocycles. The summed E-state index contributed by atoms with van der Waals surface area (Å²) < 4.78 is 16.7. The molecule has 3 rings (SSSR count). The fourth-order valence-electron chi connectivity index (χ4n) is 2.58. The van der Waals surface area contributed by atoms with Crippen LogP contribution in [0.15, 0.2) is 47.1 Å². The first kappa shape index (κ1) is 20.2. The molecular weight excluding hydrogens is 401 g/mol. The molecule has 0 unspecified atom stereocenters. The third-order valence-electron chi connectivity index (χ3n) is 3.72. The van der Waals surface area contributed by atoms with Crippen molar-refractivity contribution in [2.24, 2.45) is 4.99 Å². The number of esters is 1. The van der Waals surface area contributed by atoms with E-state index in [2.05, 4.69) is 4.99 Å². The topological polar surface area (TPSA) is 57.1 Å². The zero-order valence-electron chi connectivity index (χ0n) is 15.7. The molecule has 0 aromatic heterocycles. The number of nitrogens with zero attached hydrogens (tertiary/aromatic N) is 1. The molecule has 0 bridgehead atoms. The fourth-order valence-corrected chi connectivity index (χ4v) is 3.07. The Hall–Kier alpha value is -2.50. The summed E-state index contributed by atoms with van der Waals surface area (Å²) in [7, 11) is 0. The van der Waals surface area contributed by atoms with E-state index in [4.69, 9.17) is 37.4 Å². The van der Waals surface area contributed by atoms with Crippen molar-refractivity contribution in [1.82, 2.24) is 0 Å². The van der Waals surface area contributed by atoms with Gasteiger partial charge in [0.2, 0.25) is 5.90 Å². The number of hydrogen-bond acceptors (Lipinski definition) is 5. The van der Waals surface area contributed by atoms with E-state index in [1.807, 2.05) is 26.8 Å². The monoisotopic (exact) mass is 419 g/mol. The molecule has 0 N–H and O–H groups in total. The van der Waals surface area contributed by atoms with E-state index in [1.165, 1.54) is 0 Å². The largest absolute Gasteiger partial charge is 0.490 e. The van der Waals surface area contributed by atoms with Crippen molar-refractivity contribution in [1.29, 1.82) is 0 Å². The lowest BCUT2D eigenvalue weighted by Gasteiger charge is -2.14. The summed E-state index contributed by atoms with van der Waals surface area (Å²) in [5, 5.41) is 0.843. The Morgan fingerprint density at radius 3 is 2.61 bits per heavy atom. The van der Waals surface area contributed by atoms with Crippen LogP contribution in [0.5, 0.6) is 11.5 Å². The van der Waals surface area contributed by atoms with Gasteiger partial charge in [0, 0.05) is 5.02 Å². The van der Waals surface area contributed by atoms with E-state index in [0.717, 1.165) is 5.56 Å². The lowest BCUT2D eigenvalue weighted by atomic mass is 10.1. The van der Waals surface area contributed by atoms with Gasteiger partial charge in [-0.15, -0.1) is 0 Å². The molecule has 0 radical (unpaired) electrons. The molecule has 0 spiro atoms. The van der Waals surface area contributed by atoms with E-state index >= 15 is 0 Å². The van der Waals surface area contributed by atoms with Crippen LogP contribution in [0.3, 0.4) is 0 Å². The van der Waals surface area contributed by atoms with Crippen molar-refractivity contribution in [2.75, 3.05) is 6.61 Å². The van der Waals surface area contributed by atoms with Crippen LogP contribution in [0.25, 0.3) is 6.08 Å². The molecule has 28 heavy (non-hydrogen) atoms. The van der Waals surface area contributed by atoms with Crippen molar-refractivity contribution >= 4 is 41.1 Å². The second kappa shape index (κ2) is 8.67. The van der Waals surface area contributed by atoms with Gasteiger partial charge < -0.3 is 14.2 Å². The quantitative estimate of drug-likeness (QED) is 0.456. The number of hydrogen-bond donors (Lipinski definition) is 0. The molecule has 0 amide bonds. The van der Waals surface area contributed by atoms with Crippen LogP contribution in [0.1, 0.15) is 31.9 Å². The third kappa shape index (κ3) is 4.66. The number of aliphatic imine (C=N–C) groups is 1. The summed E-state index contributed by atoms with van der Waals surface area (Å²) in [5.74, 6) is 0.830. The third-order valence-corrected chi connectivity index (χ3v) is 4.26. The van der Waals surface area contributed by atoms with Crippen molar-refractivity contribution in [3.05, 3.63) is 63.3 Å². The minimum atomic E-state index is -0.554. The van der Waals surface area contributed by atoms with Gasteiger partial charge in [-0.2, -0.15) is 0 Å². The van der Waals surface area contributed by atoms with Gasteiger partial charge in [0.25, 0.3) is 0 Å². The number of ether oxygens (including phenoxy) is 3. The van der Waals surface area contributed by atoms with Crippen LogP contribution < -0.4 is 9.47 Å². The van der Waals surface area contributed by atoms with Crippen molar-refractivity contribution < 1.29 is 19.0 Å². The van der Waals surface area contributed by atoms with E-state index in [-0.39, 0.29) is 17.7 Å². The van der Waals surface area contributed by atoms with Gasteiger partial charge in [-0.25, -0.2) is 9.79 Å². The highest BCUT2D eigenvalue weighted by atomic mass is 35.5. The van der Waals surface area contributed by atoms with Crippen LogP contribution in [-0.2, 0) is 9.53 Å². The normalized spacial score (nSPS) is 15.0. The Kier molecular flexibility index (Phi) is 6.27. The fraction of sp³-hybridized carbons (Fsp3) is 0.238. The van der Waals surface area contributed by atoms with E-state index in [0.29, 0.717) is 33.7 Å². The number of halogens is 2. The van der Waals surface area contributed by atoms with Gasteiger partial charge in [-0.05, 0) is 62.7 Å². The van der Waals surface area contributed by atoms with Gasteiger partial charge in [0.05, 0.1) is 23.3 Å². The molecule has 1 aliphatic rings. The molecular formula is C21H19Cl2NO4. The predicted molar refractivity (Wildman–Crippen MR) is 110 cm³/mol. The van der Waals surface area contributed by atoms with Crippen molar-refractivity contribution in [3.63, 3.8) is 0 Å². The van der Waals surface area contributed by atoms with Crippen LogP contribution >= 0.6 is 23.2 Å². The number of cyclic esters (lactones) is 1. The highest BCUT2D eigenvalue weighted by molar-refractivity contribution is 6.37. The molecule has 1 heterocycles. The van der Waals surface area contributed by atoms with Crippen LogP contribution in [-0.4, -0.2) is 24.6 Å². The average Bonchev–Trinajstić information content (AvgIpc) is 2.97. The van der Waals surface area contributed by atoms with Crippen LogP contribution in [0.4, 0.5) is 0 Å². The zero-order chi connectivity index (χ0) is 20.3. The molecule has 2 aromatic rings. The summed E-state index contributed by atoms with van der Waals surface area (Å²) in [6, 6.07) is 10.3. The molecule has 1 aliphatic heterocycles. The standard InChI is InChI=1S/C21H19Cl2NO4/c1-4-26-19-10-13(5-8-18(19)27-12(2)3)9-17-21(25)28-20(24-17)15-7-6-14(22)11-16(15)23/h5-12H,4H2,1-3H3/b17-9-. The van der Waals surface area contributed by atoms with Crippen molar-refractivity contribution in [2.45, 2.75) is 26.9 Å². The molecule has 146 valence electrons. The van der Waals surface area contributed by atoms with Crippen LogP contribution in [0, 0.1) is 0 Å². The zero-order valence-corrected chi connectivity index (χ0v) is 17.2. The summed E-state index contributed by atoms with van der Waals surface area (Å²) >= 11 is 12.1. The number of carbonyl (C=O) groups is 1. The van der Waals surface area contributed by atoms with Gasteiger partial charge in [-0.3, -0.25) is 0 Å². The highest BCUT2D eigenvalue weighted by Gasteiger charge is 2.25. The van der Waals surface area contributed by atoms with Gasteiger partial charge in [-0.1, -0.05) is 29.3 Å². The van der Waals surface area contributed by atoms with Gasteiger partial charge >= 0.3 is 5.97 Å². The minimum Gasteiger partial charge on any atom is -0.490 e. The van der Waals surface area contributed by atoms with Crippen LogP contribution in [0.2, 0.25) is 10.0 Å². The second-order valence-electron chi connectivity index (χ2n) is 6.27. The average molecular weight is 420 g/mol. The maximum absolute atomic E-state index is 12.2. The summed E-state index contributed by atoms with van der Waals surface area (Å²) in [6.07, 6.45) is 1.64. The summed E-state index contributed by atoms with van der Waals surface area (Å²) in [5.41, 5.74) is 1.40. The molecule has 2 aromatic carbocycles. The maximum atomic E-state index is 12.2. The summed E-state index contributed by atoms with van der Waals surface area (Å²) in [6.45, 7) is 6.27. The van der Waals surface area contributed by atoms with E-state index in [9.17, 15) is 4.79 Å². The minimum absolute atomic E-state index is 0.0181.